The molecule has 0 aliphatic carbocycles. The highest BCUT2D eigenvalue weighted by atomic mass is 32.2. The van der Waals surface area contributed by atoms with Crippen molar-refractivity contribution in [3.63, 3.8) is 0 Å². The first-order valence-corrected chi connectivity index (χ1v) is 15.8. The molecule has 0 bridgehead atoms. The number of aliphatic imine (C=N–C) groups is 1. The van der Waals surface area contributed by atoms with E-state index in [2.05, 4.69) is 4.99 Å². The number of anilines is 1. The summed E-state index contributed by atoms with van der Waals surface area (Å²) < 4.78 is 62.2. The molecule has 1 aromatic rings. The van der Waals surface area contributed by atoms with Crippen molar-refractivity contribution in [1.29, 1.82) is 0 Å². The van der Waals surface area contributed by atoms with Crippen molar-refractivity contribution in [3.8, 4) is 0 Å². The van der Waals surface area contributed by atoms with Crippen LogP contribution in [0.5, 0.6) is 0 Å². The van der Waals surface area contributed by atoms with Gasteiger partial charge in [0.25, 0.3) is 20.2 Å². The van der Waals surface area contributed by atoms with E-state index in [1.54, 1.807) is 62.1 Å². The summed E-state index contributed by atoms with van der Waals surface area (Å²) in [6.45, 7) is 5.29. The minimum Gasteiger partial charge on any atom is -0.345 e. The number of hydrogen-bond donors (Lipinski definition) is 2. The minimum atomic E-state index is -4.18. The molecule has 1 aliphatic heterocycles. The van der Waals surface area contributed by atoms with Crippen molar-refractivity contribution in [2.45, 2.75) is 46.5 Å². The Hall–Kier alpha value is -3.20. The second-order valence-corrected chi connectivity index (χ2v) is 12.5. The highest BCUT2D eigenvalue weighted by Gasteiger charge is 2.31. The Morgan fingerprint density at radius 1 is 1.02 bits per heavy atom. The average molecular weight is 598 g/mol. The monoisotopic (exact) mass is 597 g/mol. The van der Waals surface area contributed by atoms with Crippen LogP contribution < -0.4 is 4.90 Å². The van der Waals surface area contributed by atoms with E-state index >= 15 is 0 Å². The van der Waals surface area contributed by atoms with Gasteiger partial charge < -0.3 is 4.90 Å². The molecule has 1 saturated heterocycles. The fraction of sp³-hybridized carbons (Fsp3) is 0.462. The Labute approximate surface area is 235 Å². The number of allylic oxidation sites excluding steroid dienone is 4. The summed E-state index contributed by atoms with van der Waals surface area (Å²) in [6.07, 6.45) is 5.59. The first kappa shape index (κ1) is 33.0. The second-order valence-electron chi connectivity index (χ2n) is 9.37. The number of nitrogens with zero attached hydrogens (tertiary/aromatic N) is 3. The van der Waals surface area contributed by atoms with Crippen LogP contribution in [0, 0.1) is 6.92 Å². The van der Waals surface area contributed by atoms with Gasteiger partial charge in [-0.2, -0.15) is 16.8 Å². The fourth-order valence-electron chi connectivity index (χ4n) is 4.11. The molecular formula is C26H35N3O9S2. The van der Waals surface area contributed by atoms with E-state index in [-0.39, 0.29) is 62.9 Å². The number of carbonyl (C=O) groups is 3. The lowest BCUT2D eigenvalue weighted by atomic mass is 10.0. The topological polar surface area (TPSA) is 179 Å². The number of ketones is 1. The van der Waals surface area contributed by atoms with E-state index in [4.69, 9.17) is 4.55 Å². The molecule has 0 saturated carbocycles. The molecule has 1 aliphatic rings. The number of carbonyl (C=O) groups excluding carboxylic acids is 3. The number of likely N-dealkylation sites (tertiary alicyclic amines) is 1. The molecule has 40 heavy (non-hydrogen) atoms. The summed E-state index contributed by atoms with van der Waals surface area (Å²) in [6, 6.07) is 5.02. The average Bonchev–Trinajstić information content (AvgIpc) is 3.15. The fourth-order valence-corrected chi connectivity index (χ4v) is 5.10. The highest BCUT2D eigenvalue weighted by molar-refractivity contribution is 7.86. The number of hydrogen-bond acceptors (Lipinski definition) is 9. The van der Waals surface area contributed by atoms with Crippen molar-refractivity contribution in [2.24, 2.45) is 4.99 Å². The number of amides is 2. The van der Waals surface area contributed by atoms with Crippen molar-refractivity contribution < 1.29 is 40.3 Å². The Balaban J connectivity index is 2.28. The second kappa shape index (κ2) is 14.4. The molecule has 1 fully saturated rings. The zero-order valence-corrected chi connectivity index (χ0v) is 24.4. The first-order valence-electron chi connectivity index (χ1n) is 12.6. The smallest absolute Gasteiger partial charge is 0.264 e. The summed E-state index contributed by atoms with van der Waals surface area (Å²) in [7, 11) is -8.22. The van der Waals surface area contributed by atoms with Gasteiger partial charge >= 0.3 is 0 Å². The summed E-state index contributed by atoms with van der Waals surface area (Å²) in [5, 5.41) is 0. The van der Waals surface area contributed by atoms with Crippen LogP contribution in [0.4, 0.5) is 5.69 Å². The molecule has 2 amide bonds. The first-order chi connectivity index (χ1) is 18.6. The van der Waals surface area contributed by atoms with Gasteiger partial charge in [-0.1, -0.05) is 18.2 Å². The van der Waals surface area contributed by atoms with Gasteiger partial charge in [0.2, 0.25) is 11.8 Å². The quantitative estimate of drug-likeness (QED) is 0.0762. The maximum atomic E-state index is 13.0. The van der Waals surface area contributed by atoms with Gasteiger partial charge in [-0.15, -0.1) is 0 Å². The lowest BCUT2D eigenvalue weighted by Crippen LogP contribution is -2.34. The molecule has 0 spiro atoms. The van der Waals surface area contributed by atoms with Gasteiger partial charge in [-0.25, -0.2) is 0 Å². The van der Waals surface area contributed by atoms with Crippen LogP contribution in [0.3, 0.4) is 0 Å². The van der Waals surface area contributed by atoms with E-state index in [1.807, 2.05) is 0 Å². The van der Waals surface area contributed by atoms with E-state index in [0.29, 0.717) is 28.2 Å². The SMILES string of the molecule is CC(/C=C/C=C(\C)N(CCCS(=O)(=O)O)c1cccc(C(=O)CN2C(=O)CCC2=O)c1C)=N/CCCS(=O)(=O)O. The van der Waals surface area contributed by atoms with Crippen LogP contribution in [0.25, 0.3) is 0 Å². The third kappa shape index (κ3) is 10.8. The number of Topliss-reactive ketones (excluding diaryl/α,β-unsaturated/α-hetero) is 1. The van der Waals surface area contributed by atoms with Crippen molar-refractivity contribution in [1.82, 2.24) is 4.90 Å². The third-order valence-corrected chi connectivity index (χ3v) is 7.77. The standard InChI is InChI=1S/C26H35N3O9S2/c1-19(27-14-6-16-39(33,34)35)8-4-9-20(2)28(15-7-17-40(36,37)38)23-11-5-10-22(21(23)3)24(30)18-29-25(31)12-13-26(29)32/h4-5,8-11H,6-7,12-18H2,1-3H3,(H,33,34,35)(H,36,37,38)/b8-4+,20-9+,27-19-. The maximum absolute atomic E-state index is 13.0. The highest BCUT2D eigenvalue weighted by Crippen LogP contribution is 2.28. The van der Waals surface area contributed by atoms with E-state index in [9.17, 15) is 35.8 Å². The summed E-state index contributed by atoms with van der Waals surface area (Å²) in [5.41, 5.74) is 2.81. The van der Waals surface area contributed by atoms with E-state index in [0.717, 1.165) is 4.90 Å². The molecule has 2 rings (SSSR count). The lowest BCUT2D eigenvalue weighted by molar-refractivity contribution is -0.137. The predicted octanol–water partition coefficient (Wildman–Crippen LogP) is 2.61. The number of rotatable bonds is 15. The zero-order chi connectivity index (χ0) is 30.1. The molecule has 0 atom stereocenters. The normalized spacial score (nSPS) is 15.4. The van der Waals surface area contributed by atoms with Crippen LogP contribution >= 0.6 is 0 Å². The summed E-state index contributed by atoms with van der Waals surface area (Å²) in [5.74, 6) is -2.01. The molecule has 0 aromatic heterocycles. The van der Waals surface area contributed by atoms with Crippen LogP contribution in [0.15, 0.2) is 47.1 Å². The van der Waals surface area contributed by atoms with Crippen molar-refractivity contribution in [3.05, 3.63) is 53.3 Å². The van der Waals surface area contributed by atoms with Crippen LogP contribution in [0.2, 0.25) is 0 Å². The Bertz CT molecular complexity index is 1410. The van der Waals surface area contributed by atoms with Gasteiger partial charge in [0.05, 0.1) is 18.1 Å². The number of imide groups is 1. The molecule has 14 heteroatoms. The Morgan fingerprint density at radius 2 is 1.62 bits per heavy atom. The van der Waals surface area contributed by atoms with Crippen LogP contribution in [-0.2, 0) is 29.8 Å². The van der Waals surface area contributed by atoms with Crippen LogP contribution in [0.1, 0.15) is 55.5 Å². The molecule has 2 N–H and O–H groups in total. The Morgan fingerprint density at radius 3 is 2.23 bits per heavy atom. The lowest BCUT2D eigenvalue weighted by Gasteiger charge is -2.28. The third-order valence-electron chi connectivity index (χ3n) is 6.16. The molecule has 12 nitrogen and oxygen atoms in total. The van der Waals surface area contributed by atoms with Crippen molar-refractivity contribution in [2.75, 3.05) is 36.0 Å². The van der Waals surface area contributed by atoms with E-state index in [1.165, 1.54) is 0 Å². The van der Waals surface area contributed by atoms with E-state index < -0.39 is 31.8 Å². The zero-order valence-electron chi connectivity index (χ0n) is 22.7. The summed E-state index contributed by atoms with van der Waals surface area (Å²) >= 11 is 0. The Kier molecular flexibility index (Phi) is 11.9. The van der Waals surface area contributed by atoms with Gasteiger partial charge in [-0.3, -0.25) is 33.4 Å². The van der Waals surface area contributed by atoms with Crippen molar-refractivity contribution >= 4 is 49.2 Å². The van der Waals surface area contributed by atoms with Gasteiger partial charge in [0.1, 0.15) is 0 Å². The molecular weight excluding hydrogens is 562 g/mol. The number of benzene rings is 1. The van der Waals surface area contributed by atoms with Crippen LogP contribution in [-0.4, -0.2) is 85.3 Å². The van der Waals surface area contributed by atoms with Gasteiger partial charge in [0, 0.05) is 48.6 Å². The maximum Gasteiger partial charge on any atom is 0.264 e. The molecule has 220 valence electrons. The van der Waals surface area contributed by atoms with Gasteiger partial charge in [-0.05, 0) is 57.4 Å². The van der Waals surface area contributed by atoms with Gasteiger partial charge in [0.15, 0.2) is 5.78 Å². The largest absolute Gasteiger partial charge is 0.345 e. The summed E-state index contributed by atoms with van der Waals surface area (Å²) in [4.78, 5) is 44.0. The minimum absolute atomic E-state index is 0.0823. The molecule has 0 radical (unpaired) electrons. The molecule has 1 aromatic carbocycles. The molecule has 0 unspecified atom stereocenters. The predicted molar refractivity (Wildman–Crippen MR) is 152 cm³/mol. The molecule has 1 heterocycles.